The maximum atomic E-state index is 11.1. The maximum absolute atomic E-state index is 11.1. The van der Waals surface area contributed by atoms with Crippen LogP contribution in [0.25, 0.3) is 0 Å². The van der Waals surface area contributed by atoms with E-state index in [4.69, 9.17) is 14.2 Å². The summed E-state index contributed by atoms with van der Waals surface area (Å²) in [4.78, 5) is 11.1. The van der Waals surface area contributed by atoms with Crippen LogP contribution in [0.4, 0.5) is 0 Å². The number of benzene rings is 1. The van der Waals surface area contributed by atoms with Gasteiger partial charge in [-0.2, -0.15) is 0 Å². The molecule has 1 aromatic carbocycles. The average molecular weight is 235 g/mol. The van der Waals surface area contributed by atoms with Crippen molar-refractivity contribution in [2.75, 3.05) is 13.9 Å². The number of hydrogen-bond acceptors (Lipinski definition) is 4. The first kappa shape index (κ1) is 11.3. The van der Waals surface area contributed by atoms with Gasteiger partial charge in [0, 0.05) is 18.2 Å². The van der Waals surface area contributed by atoms with Crippen LogP contribution in [0.5, 0.6) is 17.2 Å². The highest BCUT2D eigenvalue weighted by atomic mass is 16.7. The summed E-state index contributed by atoms with van der Waals surface area (Å²) in [6.45, 7) is 3.95. The lowest BCUT2D eigenvalue weighted by Crippen LogP contribution is -2.20. The summed E-state index contributed by atoms with van der Waals surface area (Å²) in [7, 11) is 1.57. The Hall–Kier alpha value is -2.17. The van der Waals surface area contributed by atoms with Gasteiger partial charge in [0.25, 0.3) is 0 Å². The second-order valence-corrected chi connectivity index (χ2v) is 3.44. The molecule has 0 radical (unpaired) electrons. The number of fused-ring (bicyclic) bond motifs is 1. The summed E-state index contributed by atoms with van der Waals surface area (Å²) in [5.41, 5.74) is 0.826. The zero-order valence-corrected chi connectivity index (χ0v) is 9.49. The molecule has 0 aromatic heterocycles. The predicted molar refractivity (Wildman–Crippen MR) is 61.2 cm³/mol. The van der Waals surface area contributed by atoms with E-state index in [1.54, 1.807) is 19.2 Å². The van der Waals surface area contributed by atoms with E-state index >= 15 is 0 Å². The van der Waals surface area contributed by atoms with Gasteiger partial charge in [-0.05, 0) is 12.1 Å². The summed E-state index contributed by atoms with van der Waals surface area (Å²) in [6.07, 6.45) is 1.22. The molecule has 0 aliphatic carbocycles. The third kappa shape index (κ3) is 2.33. The summed E-state index contributed by atoms with van der Waals surface area (Å²) >= 11 is 0. The fourth-order valence-electron chi connectivity index (χ4n) is 1.55. The second-order valence-electron chi connectivity index (χ2n) is 3.44. The molecule has 0 saturated carbocycles. The van der Waals surface area contributed by atoms with Gasteiger partial charge in [-0.1, -0.05) is 6.58 Å². The minimum atomic E-state index is -0.232. The van der Waals surface area contributed by atoms with Gasteiger partial charge >= 0.3 is 0 Å². The van der Waals surface area contributed by atoms with Gasteiger partial charge in [0.1, 0.15) is 5.75 Å². The molecule has 1 heterocycles. The van der Waals surface area contributed by atoms with Crippen molar-refractivity contribution in [2.24, 2.45) is 0 Å². The number of carbonyl (C=O) groups is 1. The first-order valence-electron chi connectivity index (χ1n) is 5.11. The topological polar surface area (TPSA) is 56.8 Å². The maximum Gasteiger partial charge on any atom is 0.243 e. The Balaban J connectivity index is 2.20. The number of rotatable bonds is 4. The number of hydrogen-bond donors (Lipinski definition) is 1. The standard InChI is InChI=1S/C12H13NO4/c1-3-12(14)13-6-8-4-10-11(17-7-16-10)5-9(8)15-2/h3-5H,1,6-7H2,2H3,(H,13,14). The van der Waals surface area contributed by atoms with E-state index in [9.17, 15) is 4.79 Å². The molecule has 1 N–H and O–H groups in total. The SMILES string of the molecule is C=CC(=O)NCc1cc2c(cc1OC)OCO2. The largest absolute Gasteiger partial charge is 0.496 e. The van der Waals surface area contributed by atoms with Crippen LogP contribution in [0, 0.1) is 0 Å². The molecule has 0 saturated heterocycles. The van der Waals surface area contributed by atoms with E-state index in [1.165, 1.54) is 6.08 Å². The van der Waals surface area contributed by atoms with Crippen molar-refractivity contribution < 1.29 is 19.0 Å². The highest BCUT2D eigenvalue weighted by Crippen LogP contribution is 2.37. The van der Waals surface area contributed by atoms with E-state index < -0.39 is 0 Å². The Morgan fingerprint density at radius 2 is 2.24 bits per heavy atom. The Morgan fingerprint density at radius 3 is 2.88 bits per heavy atom. The Morgan fingerprint density at radius 1 is 1.53 bits per heavy atom. The fourth-order valence-corrected chi connectivity index (χ4v) is 1.55. The van der Waals surface area contributed by atoms with Crippen LogP contribution in [-0.2, 0) is 11.3 Å². The normalized spacial score (nSPS) is 12.1. The lowest BCUT2D eigenvalue weighted by Gasteiger charge is -2.10. The van der Waals surface area contributed by atoms with Crippen LogP contribution >= 0.6 is 0 Å². The van der Waals surface area contributed by atoms with E-state index in [0.717, 1.165) is 5.56 Å². The lowest BCUT2D eigenvalue weighted by molar-refractivity contribution is -0.116. The van der Waals surface area contributed by atoms with E-state index in [-0.39, 0.29) is 12.7 Å². The average Bonchev–Trinajstić information content (AvgIpc) is 2.81. The van der Waals surface area contributed by atoms with Crippen LogP contribution in [0.15, 0.2) is 24.8 Å². The van der Waals surface area contributed by atoms with Crippen LogP contribution in [0.3, 0.4) is 0 Å². The van der Waals surface area contributed by atoms with Gasteiger partial charge in [-0.3, -0.25) is 4.79 Å². The number of amides is 1. The molecule has 5 nitrogen and oxygen atoms in total. The monoisotopic (exact) mass is 235 g/mol. The van der Waals surface area contributed by atoms with Crippen molar-refractivity contribution in [3.63, 3.8) is 0 Å². The molecule has 0 fully saturated rings. The third-order valence-corrected chi connectivity index (χ3v) is 2.41. The molecule has 0 atom stereocenters. The molecular formula is C12H13NO4. The van der Waals surface area contributed by atoms with Crippen molar-refractivity contribution in [1.29, 1.82) is 0 Å². The van der Waals surface area contributed by atoms with Crippen molar-refractivity contribution in [2.45, 2.75) is 6.54 Å². The molecule has 0 bridgehead atoms. The smallest absolute Gasteiger partial charge is 0.243 e. The van der Waals surface area contributed by atoms with Gasteiger partial charge in [-0.25, -0.2) is 0 Å². The van der Waals surface area contributed by atoms with Crippen LogP contribution in [0.1, 0.15) is 5.56 Å². The highest BCUT2D eigenvalue weighted by molar-refractivity contribution is 5.86. The molecule has 17 heavy (non-hydrogen) atoms. The second kappa shape index (κ2) is 4.78. The Bertz CT molecular complexity index is 456. The minimum absolute atomic E-state index is 0.209. The lowest BCUT2D eigenvalue weighted by atomic mass is 10.1. The molecule has 1 amide bonds. The van der Waals surface area contributed by atoms with Crippen molar-refractivity contribution in [3.05, 3.63) is 30.4 Å². The summed E-state index contributed by atoms with van der Waals surface area (Å²) in [5, 5.41) is 2.68. The molecule has 0 spiro atoms. The van der Waals surface area contributed by atoms with Gasteiger partial charge in [-0.15, -0.1) is 0 Å². The number of methoxy groups -OCH3 is 1. The van der Waals surface area contributed by atoms with Gasteiger partial charge in [0.2, 0.25) is 12.7 Å². The van der Waals surface area contributed by atoms with E-state index in [0.29, 0.717) is 23.8 Å². The Labute approximate surface area is 99.0 Å². The predicted octanol–water partition coefficient (Wildman–Crippen LogP) is 1.23. The molecule has 2 rings (SSSR count). The molecule has 1 aromatic rings. The summed E-state index contributed by atoms with van der Waals surface area (Å²) in [5.74, 6) is 1.73. The number of carbonyl (C=O) groups excluding carboxylic acids is 1. The molecule has 90 valence electrons. The van der Waals surface area contributed by atoms with Crippen molar-refractivity contribution >= 4 is 5.91 Å². The van der Waals surface area contributed by atoms with Crippen LogP contribution < -0.4 is 19.5 Å². The van der Waals surface area contributed by atoms with Gasteiger partial charge in [0.05, 0.1) is 7.11 Å². The fraction of sp³-hybridized carbons (Fsp3) is 0.250. The molecular weight excluding hydrogens is 222 g/mol. The summed E-state index contributed by atoms with van der Waals surface area (Å²) < 4.78 is 15.7. The van der Waals surface area contributed by atoms with Gasteiger partial charge < -0.3 is 19.5 Å². The van der Waals surface area contributed by atoms with Crippen molar-refractivity contribution in [3.8, 4) is 17.2 Å². The molecule has 5 heteroatoms. The Kier molecular flexibility index (Phi) is 3.18. The minimum Gasteiger partial charge on any atom is -0.496 e. The van der Waals surface area contributed by atoms with E-state index in [1.807, 2.05) is 0 Å². The summed E-state index contributed by atoms with van der Waals surface area (Å²) in [6, 6.07) is 3.54. The first-order chi connectivity index (χ1) is 8.24. The molecule has 1 aliphatic rings. The zero-order valence-electron chi connectivity index (χ0n) is 9.49. The third-order valence-electron chi connectivity index (χ3n) is 2.41. The quantitative estimate of drug-likeness (QED) is 0.797. The van der Waals surface area contributed by atoms with Crippen LogP contribution in [0.2, 0.25) is 0 Å². The van der Waals surface area contributed by atoms with Crippen molar-refractivity contribution in [1.82, 2.24) is 5.32 Å². The first-order valence-corrected chi connectivity index (χ1v) is 5.11. The highest BCUT2D eigenvalue weighted by Gasteiger charge is 2.17. The number of ether oxygens (including phenoxy) is 3. The van der Waals surface area contributed by atoms with E-state index in [2.05, 4.69) is 11.9 Å². The van der Waals surface area contributed by atoms with Gasteiger partial charge in [0.15, 0.2) is 11.5 Å². The zero-order chi connectivity index (χ0) is 12.3. The van der Waals surface area contributed by atoms with Crippen LogP contribution in [-0.4, -0.2) is 19.8 Å². The number of nitrogens with one attached hydrogen (secondary N) is 1. The molecule has 0 unspecified atom stereocenters. The molecule has 1 aliphatic heterocycles.